The molecular weight excluding hydrogens is 583 g/mol. The number of rotatable bonds is 12. The minimum Gasteiger partial charge on any atom is -0.264 e. The van der Waals surface area contributed by atoms with Crippen molar-refractivity contribution < 1.29 is 0 Å². The van der Waals surface area contributed by atoms with Crippen molar-refractivity contribution in [1.29, 1.82) is 0 Å². The maximum Gasteiger partial charge on any atom is 0.0702 e. The average Bonchev–Trinajstić information content (AvgIpc) is 3.17. The second-order valence-corrected chi connectivity index (χ2v) is 12.4. The third-order valence-corrected chi connectivity index (χ3v) is 8.96. The molecule has 0 aliphatic heterocycles. The molecule has 4 aromatic carbocycles. The van der Waals surface area contributed by atoms with Crippen LogP contribution in [0.4, 0.5) is 0 Å². The second-order valence-electron chi connectivity index (χ2n) is 12.4. The van der Waals surface area contributed by atoms with Crippen LogP contribution < -0.4 is 0 Å². The van der Waals surface area contributed by atoms with E-state index in [9.17, 15) is 0 Å². The van der Waals surface area contributed by atoms with Crippen LogP contribution in [-0.4, -0.2) is 15.0 Å². The molecule has 7 aromatic rings. The lowest BCUT2D eigenvalue weighted by atomic mass is 9.94. The molecule has 0 N–H and O–H groups in total. The highest BCUT2D eigenvalue weighted by Crippen LogP contribution is 2.22. The Bertz CT molecular complexity index is 1770. The number of hydrogen-bond donors (Lipinski definition) is 0. The number of benzene rings is 4. The Morgan fingerprint density at radius 2 is 0.750 bits per heavy atom. The maximum absolute atomic E-state index is 4.76. The van der Waals surface area contributed by atoms with E-state index in [1.54, 1.807) is 0 Å². The summed E-state index contributed by atoms with van der Waals surface area (Å²) in [6.45, 7) is 0. The quantitative estimate of drug-likeness (QED) is 0.136. The summed E-state index contributed by atoms with van der Waals surface area (Å²) in [5, 5.41) is 0. The molecule has 0 aliphatic carbocycles. The van der Waals surface area contributed by atoms with Gasteiger partial charge in [-0.05, 0) is 101 Å². The van der Waals surface area contributed by atoms with Crippen molar-refractivity contribution in [3.8, 4) is 33.6 Å². The molecule has 0 radical (unpaired) electrons. The molecule has 0 saturated heterocycles. The van der Waals surface area contributed by atoms with E-state index < -0.39 is 0 Å². The van der Waals surface area contributed by atoms with Crippen LogP contribution >= 0.6 is 0 Å². The van der Waals surface area contributed by atoms with Gasteiger partial charge in [0.1, 0.15) is 0 Å². The van der Waals surface area contributed by atoms with Crippen molar-refractivity contribution >= 4 is 0 Å². The van der Waals surface area contributed by atoms with Crippen LogP contribution in [0, 0.1) is 0 Å². The lowest BCUT2D eigenvalue weighted by molar-refractivity contribution is 0.899. The van der Waals surface area contributed by atoms with Gasteiger partial charge < -0.3 is 0 Å². The zero-order chi connectivity index (χ0) is 32.4. The van der Waals surface area contributed by atoms with E-state index in [-0.39, 0.29) is 0 Å². The van der Waals surface area contributed by atoms with Crippen molar-refractivity contribution in [3.63, 3.8) is 0 Å². The molecule has 0 bridgehead atoms. The predicted molar refractivity (Wildman–Crippen MR) is 198 cm³/mol. The van der Waals surface area contributed by atoms with Gasteiger partial charge in [0.2, 0.25) is 0 Å². The molecule has 0 fully saturated rings. The lowest BCUT2D eigenvalue weighted by Gasteiger charge is -2.12. The smallest absolute Gasteiger partial charge is 0.0702 e. The highest BCUT2D eigenvalue weighted by atomic mass is 14.7. The molecule has 0 amide bonds. The molecule has 7 rings (SSSR count). The zero-order valence-electron chi connectivity index (χ0n) is 27.2. The van der Waals surface area contributed by atoms with Gasteiger partial charge in [-0.1, -0.05) is 121 Å². The molecule has 3 heteroatoms. The standard InChI is InChI=1S/C45H39N3/c1-3-8-41(9-4-1)44-25-21-35(31-47-44)14-17-38-28-37(16-13-34-19-23-40(24-20-34)43-12-7-27-46-33-43)29-39(30-38)18-15-36-22-26-45(48-32-36)42-10-5-2-6-11-42/h1-12,19-33H,13-18H2. The Balaban J connectivity index is 1.05. The van der Waals surface area contributed by atoms with Crippen molar-refractivity contribution in [2.75, 3.05) is 0 Å². The van der Waals surface area contributed by atoms with Gasteiger partial charge in [-0.25, -0.2) is 0 Å². The third-order valence-electron chi connectivity index (χ3n) is 8.96. The summed E-state index contributed by atoms with van der Waals surface area (Å²) in [6, 6.07) is 49.7. The number of nitrogens with zero attached hydrogens (tertiary/aromatic N) is 3. The lowest BCUT2D eigenvalue weighted by Crippen LogP contribution is -2.00. The predicted octanol–water partition coefficient (Wildman–Crippen LogP) is 10.2. The fraction of sp³-hybridized carbons (Fsp3) is 0.133. The Hall–Kier alpha value is -5.67. The molecule has 0 spiro atoms. The van der Waals surface area contributed by atoms with Crippen LogP contribution in [0.1, 0.15) is 33.4 Å². The number of aromatic nitrogens is 3. The second kappa shape index (κ2) is 15.3. The highest BCUT2D eigenvalue weighted by molar-refractivity contribution is 5.62. The average molecular weight is 622 g/mol. The highest BCUT2D eigenvalue weighted by Gasteiger charge is 2.07. The Morgan fingerprint density at radius 1 is 0.312 bits per heavy atom. The summed E-state index contributed by atoms with van der Waals surface area (Å²) in [7, 11) is 0. The monoisotopic (exact) mass is 621 g/mol. The van der Waals surface area contributed by atoms with Crippen LogP contribution in [0.5, 0.6) is 0 Å². The van der Waals surface area contributed by atoms with Crippen LogP contribution in [-0.2, 0) is 38.5 Å². The summed E-state index contributed by atoms with van der Waals surface area (Å²) < 4.78 is 0. The summed E-state index contributed by atoms with van der Waals surface area (Å²) in [5.74, 6) is 0. The first kappa shape index (κ1) is 31.0. The van der Waals surface area contributed by atoms with E-state index in [0.29, 0.717) is 0 Å². The maximum atomic E-state index is 4.76. The summed E-state index contributed by atoms with van der Waals surface area (Å²) in [4.78, 5) is 13.8. The summed E-state index contributed by atoms with van der Waals surface area (Å²) >= 11 is 0. The van der Waals surface area contributed by atoms with Crippen molar-refractivity contribution in [2.24, 2.45) is 0 Å². The van der Waals surface area contributed by atoms with Crippen molar-refractivity contribution in [3.05, 3.63) is 198 Å². The SMILES string of the molecule is c1ccc(-c2ccc(CCc3cc(CCc4ccc(-c5cccnc5)cc4)cc(CCc4ccc(-c5ccccc5)nc4)c3)cn2)cc1. The van der Waals surface area contributed by atoms with Gasteiger partial charge in [0.15, 0.2) is 0 Å². The molecule has 48 heavy (non-hydrogen) atoms. The van der Waals surface area contributed by atoms with Crippen LogP contribution in [0.25, 0.3) is 33.6 Å². The first-order valence-corrected chi connectivity index (χ1v) is 16.9. The van der Waals surface area contributed by atoms with Gasteiger partial charge in [-0.2, -0.15) is 0 Å². The molecular formula is C45H39N3. The van der Waals surface area contributed by atoms with Gasteiger partial charge in [0.25, 0.3) is 0 Å². The topological polar surface area (TPSA) is 38.7 Å². The molecule has 0 unspecified atom stereocenters. The van der Waals surface area contributed by atoms with Gasteiger partial charge in [-0.15, -0.1) is 0 Å². The normalized spacial score (nSPS) is 11.0. The van der Waals surface area contributed by atoms with E-state index in [4.69, 9.17) is 9.97 Å². The van der Waals surface area contributed by atoms with E-state index in [0.717, 1.165) is 66.6 Å². The van der Waals surface area contributed by atoms with Gasteiger partial charge in [0.05, 0.1) is 11.4 Å². The van der Waals surface area contributed by atoms with E-state index in [1.807, 2.05) is 43.0 Å². The van der Waals surface area contributed by atoms with E-state index >= 15 is 0 Å². The van der Waals surface area contributed by atoms with Crippen molar-refractivity contribution in [1.82, 2.24) is 15.0 Å². The van der Waals surface area contributed by atoms with Crippen LogP contribution in [0.15, 0.2) is 164 Å². The number of aryl methyl sites for hydroxylation is 6. The van der Waals surface area contributed by atoms with Crippen molar-refractivity contribution in [2.45, 2.75) is 38.5 Å². The van der Waals surface area contributed by atoms with E-state index in [1.165, 1.54) is 38.9 Å². The first-order chi connectivity index (χ1) is 23.7. The largest absolute Gasteiger partial charge is 0.264 e. The Labute approximate surface area is 284 Å². The minimum absolute atomic E-state index is 0.964. The summed E-state index contributed by atoms with van der Waals surface area (Å²) in [6.07, 6.45) is 13.7. The fourth-order valence-electron chi connectivity index (χ4n) is 6.24. The van der Waals surface area contributed by atoms with Crippen LogP contribution in [0.2, 0.25) is 0 Å². The molecule has 234 valence electrons. The number of pyridine rings is 3. The number of hydrogen-bond acceptors (Lipinski definition) is 3. The molecule has 3 heterocycles. The molecule has 3 aromatic heterocycles. The van der Waals surface area contributed by atoms with Gasteiger partial charge in [0, 0.05) is 35.9 Å². The van der Waals surface area contributed by atoms with Crippen LogP contribution in [0.3, 0.4) is 0 Å². The van der Waals surface area contributed by atoms with Gasteiger partial charge in [-0.3, -0.25) is 15.0 Å². The fourth-order valence-corrected chi connectivity index (χ4v) is 6.24. The van der Waals surface area contributed by atoms with Gasteiger partial charge >= 0.3 is 0 Å². The zero-order valence-corrected chi connectivity index (χ0v) is 27.2. The molecule has 0 saturated carbocycles. The Morgan fingerprint density at radius 3 is 1.19 bits per heavy atom. The Kier molecular flexibility index (Phi) is 9.85. The third kappa shape index (κ3) is 8.18. The molecule has 0 aliphatic rings. The molecule has 0 atom stereocenters. The molecule has 3 nitrogen and oxygen atoms in total. The first-order valence-electron chi connectivity index (χ1n) is 16.9. The summed E-state index contributed by atoms with van der Waals surface area (Å²) in [5.41, 5.74) is 14.7. The van der Waals surface area contributed by atoms with E-state index in [2.05, 4.69) is 126 Å². The minimum atomic E-state index is 0.964.